The van der Waals surface area contributed by atoms with Crippen molar-refractivity contribution in [1.29, 1.82) is 0 Å². The quantitative estimate of drug-likeness (QED) is 0.250. The number of terminal acetylenes is 1. The second-order valence-electron chi connectivity index (χ2n) is 8.25. The number of anilines is 1. The Balaban J connectivity index is 1.61. The maximum Gasteiger partial charge on any atom is 0.271 e. The summed E-state index contributed by atoms with van der Waals surface area (Å²) in [4.78, 5) is 20.8. The Morgan fingerprint density at radius 1 is 0.971 bits per heavy atom. The van der Waals surface area contributed by atoms with E-state index in [2.05, 4.69) is 12.0 Å². The third kappa shape index (κ3) is 4.16. The lowest BCUT2D eigenvalue weighted by atomic mass is 10.1. The van der Waals surface area contributed by atoms with Gasteiger partial charge in [0.05, 0.1) is 22.8 Å². The van der Waals surface area contributed by atoms with Crippen LogP contribution in [-0.4, -0.2) is 15.6 Å². The van der Waals surface area contributed by atoms with E-state index >= 15 is 0 Å². The predicted octanol–water partition coefficient (Wildman–Crippen LogP) is 6.70. The lowest BCUT2D eigenvalue weighted by Gasteiger charge is -2.16. The molecule has 0 atom stereocenters. The molecule has 0 bridgehead atoms. The zero-order chi connectivity index (χ0) is 23.7. The Morgan fingerprint density at radius 2 is 1.65 bits per heavy atom. The van der Waals surface area contributed by atoms with Gasteiger partial charge in [-0.2, -0.15) is 0 Å². The smallest absolute Gasteiger partial charge is 0.271 e. The lowest BCUT2D eigenvalue weighted by Crippen LogP contribution is -2.28. The number of fused-ring (bicyclic) bond motifs is 1. The number of aliphatic imine (C=N–C) groups is 1. The van der Waals surface area contributed by atoms with Gasteiger partial charge in [0.2, 0.25) is 0 Å². The molecule has 166 valence electrons. The van der Waals surface area contributed by atoms with E-state index in [0.717, 1.165) is 33.4 Å². The normalized spacial score (nSPS) is 16.0. The molecule has 3 aromatic carbocycles. The highest BCUT2D eigenvalue weighted by molar-refractivity contribution is 8.19. The first-order valence-corrected chi connectivity index (χ1v) is 11.8. The summed E-state index contributed by atoms with van der Waals surface area (Å²) in [7, 11) is 0. The van der Waals surface area contributed by atoms with E-state index in [0.29, 0.717) is 16.6 Å². The van der Waals surface area contributed by atoms with Crippen molar-refractivity contribution in [3.05, 3.63) is 101 Å². The SMILES string of the molecule is C#CCn1cc(/C=C2\SC(=Nc3ccc(C)cc3)N(c3ccc(C)cc3)C2=O)c2ccccc21. The van der Waals surface area contributed by atoms with Gasteiger partial charge in [0.1, 0.15) is 0 Å². The summed E-state index contributed by atoms with van der Waals surface area (Å²) in [6.45, 7) is 4.55. The number of amides is 1. The van der Waals surface area contributed by atoms with E-state index in [-0.39, 0.29) is 5.91 Å². The Morgan fingerprint density at radius 3 is 2.35 bits per heavy atom. The van der Waals surface area contributed by atoms with Crippen molar-refractivity contribution in [2.45, 2.75) is 20.4 Å². The van der Waals surface area contributed by atoms with Crippen molar-refractivity contribution in [3.63, 3.8) is 0 Å². The molecule has 2 heterocycles. The lowest BCUT2D eigenvalue weighted by molar-refractivity contribution is -0.113. The van der Waals surface area contributed by atoms with Crippen molar-refractivity contribution in [3.8, 4) is 12.3 Å². The van der Waals surface area contributed by atoms with Crippen LogP contribution in [0.25, 0.3) is 17.0 Å². The first-order chi connectivity index (χ1) is 16.5. The maximum atomic E-state index is 13.6. The average Bonchev–Trinajstić information content (AvgIpc) is 3.34. The molecule has 0 saturated carbocycles. The summed E-state index contributed by atoms with van der Waals surface area (Å²) in [5.74, 6) is 2.62. The molecule has 0 N–H and O–H groups in total. The highest BCUT2D eigenvalue weighted by Crippen LogP contribution is 2.38. The Labute approximate surface area is 203 Å². The molecule has 1 aliphatic rings. The molecule has 0 unspecified atom stereocenters. The number of carbonyl (C=O) groups is 1. The highest BCUT2D eigenvalue weighted by atomic mass is 32.2. The fraction of sp³-hybridized carbons (Fsp3) is 0.103. The minimum atomic E-state index is -0.0894. The van der Waals surface area contributed by atoms with Crippen LogP contribution in [0, 0.1) is 26.2 Å². The van der Waals surface area contributed by atoms with E-state index < -0.39 is 0 Å². The number of rotatable bonds is 4. The molecule has 5 heteroatoms. The number of aryl methyl sites for hydroxylation is 2. The molecular weight excluding hydrogens is 438 g/mol. The minimum Gasteiger partial charge on any atom is -0.335 e. The van der Waals surface area contributed by atoms with Gasteiger partial charge in [-0.1, -0.05) is 59.5 Å². The number of para-hydroxylation sites is 1. The summed E-state index contributed by atoms with van der Waals surface area (Å²) in [6.07, 6.45) is 9.53. The van der Waals surface area contributed by atoms with E-state index in [9.17, 15) is 4.79 Å². The van der Waals surface area contributed by atoms with Gasteiger partial charge in [-0.15, -0.1) is 6.42 Å². The number of amidine groups is 1. The van der Waals surface area contributed by atoms with Gasteiger partial charge in [0.25, 0.3) is 5.91 Å². The topological polar surface area (TPSA) is 37.6 Å². The van der Waals surface area contributed by atoms with Crippen molar-refractivity contribution >= 4 is 51.2 Å². The molecule has 1 saturated heterocycles. The standard InChI is InChI=1S/C29H23N3OS/c1-4-17-31-19-22(25-7-5-6-8-26(25)31)18-27-28(33)32(24-15-11-21(3)12-16-24)29(34-27)30-23-13-9-20(2)10-14-23/h1,5-16,18-19H,17H2,2-3H3/b27-18-,30-29?. The first-order valence-electron chi connectivity index (χ1n) is 11.0. The summed E-state index contributed by atoms with van der Waals surface area (Å²) in [5, 5.41) is 1.70. The Bertz CT molecular complexity index is 1490. The van der Waals surface area contributed by atoms with Crippen LogP contribution >= 0.6 is 11.8 Å². The number of carbonyl (C=O) groups excluding carboxylic acids is 1. The third-order valence-corrected chi connectivity index (χ3v) is 6.69. The summed E-state index contributed by atoms with van der Waals surface area (Å²) in [5.41, 5.74) is 5.92. The second-order valence-corrected chi connectivity index (χ2v) is 9.26. The summed E-state index contributed by atoms with van der Waals surface area (Å²) >= 11 is 1.39. The van der Waals surface area contributed by atoms with Gasteiger partial charge >= 0.3 is 0 Å². The molecule has 34 heavy (non-hydrogen) atoms. The van der Waals surface area contributed by atoms with E-state index in [1.54, 1.807) is 4.90 Å². The van der Waals surface area contributed by atoms with Gasteiger partial charge in [0, 0.05) is 22.7 Å². The van der Waals surface area contributed by atoms with Crippen LogP contribution in [0.15, 0.2) is 88.9 Å². The molecule has 5 rings (SSSR count). The predicted molar refractivity (Wildman–Crippen MR) is 143 cm³/mol. The van der Waals surface area contributed by atoms with Crippen molar-refractivity contribution in [1.82, 2.24) is 4.57 Å². The number of nitrogens with zero attached hydrogens (tertiary/aromatic N) is 3. The number of hydrogen-bond donors (Lipinski definition) is 0. The summed E-state index contributed by atoms with van der Waals surface area (Å²) < 4.78 is 2.03. The average molecular weight is 462 g/mol. The van der Waals surface area contributed by atoms with Crippen LogP contribution in [0.4, 0.5) is 11.4 Å². The number of aromatic nitrogens is 1. The first kappa shape index (κ1) is 21.8. The van der Waals surface area contributed by atoms with Gasteiger partial charge in [-0.3, -0.25) is 9.69 Å². The Kier molecular flexibility index (Phi) is 5.83. The molecule has 1 aliphatic heterocycles. The van der Waals surface area contributed by atoms with Crippen molar-refractivity contribution in [2.24, 2.45) is 4.99 Å². The van der Waals surface area contributed by atoms with Crippen LogP contribution < -0.4 is 4.90 Å². The summed E-state index contributed by atoms with van der Waals surface area (Å²) in [6, 6.07) is 24.0. The molecule has 4 nitrogen and oxygen atoms in total. The minimum absolute atomic E-state index is 0.0894. The number of hydrogen-bond acceptors (Lipinski definition) is 3. The van der Waals surface area contributed by atoms with Gasteiger partial charge in [-0.25, -0.2) is 4.99 Å². The van der Waals surface area contributed by atoms with Crippen LogP contribution in [0.3, 0.4) is 0 Å². The fourth-order valence-corrected chi connectivity index (χ4v) is 4.95. The van der Waals surface area contributed by atoms with Crippen LogP contribution in [0.1, 0.15) is 16.7 Å². The highest BCUT2D eigenvalue weighted by Gasteiger charge is 2.35. The van der Waals surface area contributed by atoms with Crippen molar-refractivity contribution < 1.29 is 4.79 Å². The van der Waals surface area contributed by atoms with Crippen molar-refractivity contribution in [2.75, 3.05) is 4.90 Å². The Hall–Kier alpha value is -4.01. The monoisotopic (exact) mass is 461 g/mol. The van der Waals surface area contributed by atoms with Gasteiger partial charge in [0.15, 0.2) is 5.17 Å². The van der Waals surface area contributed by atoms with Gasteiger partial charge in [-0.05, 0) is 62.0 Å². The zero-order valence-electron chi connectivity index (χ0n) is 19.0. The molecule has 1 fully saturated rings. The second kappa shape index (κ2) is 9.09. The van der Waals surface area contributed by atoms with E-state index in [1.807, 2.05) is 97.4 Å². The molecular formula is C29H23N3OS. The number of benzene rings is 3. The van der Waals surface area contributed by atoms with E-state index in [1.165, 1.54) is 17.3 Å². The molecule has 0 radical (unpaired) electrons. The zero-order valence-corrected chi connectivity index (χ0v) is 19.8. The largest absolute Gasteiger partial charge is 0.335 e. The van der Waals surface area contributed by atoms with Gasteiger partial charge < -0.3 is 4.57 Å². The fourth-order valence-electron chi connectivity index (χ4n) is 3.96. The molecule has 0 aliphatic carbocycles. The third-order valence-electron chi connectivity index (χ3n) is 5.72. The van der Waals surface area contributed by atoms with Crippen LogP contribution in [-0.2, 0) is 11.3 Å². The molecule has 4 aromatic rings. The molecule has 0 spiro atoms. The molecule has 1 aromatic heterocycles. The van der Waals surface area contributed by atoms with E-state index in [4.69, 9.17) is 11.4 Å². The number of thioether (sulfide) groups is 1. The van der Waals surface area contributed by atoms with Crippen LogP contribution in [0.5, 0.6) is 0 Å². The van der Waals surface area contributed by atoms with Crippen LogP contribution in [0.2, 0.25) is 0 Å². The maximum absolute atomic E-state index is 13.6. The molecule has 1 amide bonds.